The maximum atomic E-state index is 12.7. The van der Waals surface area contributed by atoms with Gasteiger partial charge in [-0.1, -0.05) is 19.3 Å². The Balaban J connectivity index is 2.23. The molecule has 1 saturated carbocycles. The van der Waals surface area contributed by atoms with Gasteiger partial charge in [-0.25, -0.2) is 4.79 Å². The second kappa shape index (κ2) is 6.58. The molecule has 1 heterocycles. The number of hydrogen-bond acceptors (Lipinski definition) is 5. The molecular formula is C15H22N2O3S. The van der Waals surface area contributed by atoms with Gasteiger partial charge < -0.3 is 15.8 Å². The highest BCUT2D eigenvalue weighted by Gasteiger charge is 2.38. The summed E-state index contributed by atoms with van der Waals surface area (Å²) in [6.45, 7) is 2.21. The van der Waals surface area contributed by atoms with E-state index in [2.05, 4.69) is 5.32 Å². The van der Waals surface area contributed by atoms with Crippen LogP contribution in [0.4, 0.5) is 5.69 Å². The largest absolute Gasteiger partial charge is 0.465 e. The lowest BCUT2D eigenvalue weighted by Gasteiger charge is -2.34. The van der Waals surface area contributed by atoms with Crippen molar-refractivity contribution in [3.8, 4) is 0 Å². The zero-order chi connectivity index (χ0) is 15.5. The van der Waals surface area contributed by atoms with Crippen LogP contribution in [0.1, 0.15) is 47.3 Å². The molecule has 1 amide bonds. The highest BCUT2D eigenvalue weighted by molar-refractivity contribution is 7.12. The van der Waals surface area contributed by atoms with E-state index in [0.29, 0.717) is 17.1 Å². The second-order valence-corrected chi connectivity index (χ2v) is 6.49. The van der Waals surface area contributed by atoms with Gasteiger partial charge in [0.2, 0.25) is 5.91 Å². The Labute approximate surface area is 128 Å². The number of anilines is 1. The number of nitrogens with two attached hydrogens (primary N) is 1. The van der Waals surface area contributed by atoms with E-state index in [9.17, 15) is 9.59 Å². The summed E-state index contributed by atoms with van der Waals surface area (Å²) in [5, 5.41) is 4.77. The molecule has 0 aromatic carbocycles. The lowest BCUT2D eigenvalue weighted by Crippen LogP contribution is -2.44. The Kier molecular flexibility index (Phi) is 5.00. The number of methoxy groups -OCH3 is 1. The smallest absolute Gasteiger partial charge is 0.350 e. The van der Waals surface area contributed by atoms with Crippen molar-refractivity contribution in [1.82, 2.24) is 0 Å². The molecule has 6 heteroatoms. The van der Waals surface area contributed by atoms with Crippen molar-refractivity contribution in [3.63, 3.8) is 0 Å². The van der Waals surface area contributed by atoms with Crippen LogP contribution in [0.3, 0.4) is 0 Å². The van der Waals surface area contributed by atoms with Gasteiger partial charge >= 0.3 is 5.97 Å². The summed E-state index contributed by atoms with van der Waals surface area (Å²) < 4.78 is 4.76. The Bertz CT molecular complexity index is 533. The molecule has 1 aromatic rings. The van der Waals surface area contributed by atoms with Crippen molar-refractivity contribution in [2.75, 3.05) is 19.0 Å². The molecule has 3 N–H and O–H groups in total. The van der Waals surface area contributed by atoms with E-state index >= 15 is 0 Å². The molecule has 5 nitrogen and oxygen atoms in total. The molecule has 1 aliphatic carbocycles. The number of rotatable bonds is 4. The van der Waals surface area contributed by atoms with E-state index in [4.69, 9.17) is 10.5 Å². The van der Waals surface area contributed by atoms with Gasteiger partial charge in [-0.05, 0) is 30.7 Å². The van der Waals surface area contributed by atoms with E-state index < -0.39 is 11.4 Å². The first-order valence-electron chi connectivity index (χ1n) is 7.22. The molecule has 1 fully saturated rings. The average molecular weight is 310 g/mol. The van der Waals surface area contributed by atoms with Gasteiger partial charge in [-0.3, -0.25) is 4.79 Å². The van der Waals surface area contributed by atoms with E-state index in [0.717, 1.165) is 37.7 Å². The van der Waals surface area contributed by atoms with Gasteiger partial charge in [0.05, 0.1) is 18.2 Å². The van der Waals surface area contributed by atoms with Crippen molar-refractivity contribution >= 4 is 28.9 Å². The van der Waals surface area contributed by atoms with Crippen LogP contribution in [0.15, 0.2) is 5.38 Å². The van der Waals surface area contributed by atoms with E-state index in [-0.39, 0.29) is 5.91 Å². The molecule has 0 bridgehead atoms. The summed E-state index contributed by atoms with van der Waals surface area (Å²) in [5.74, 6) is -0.495. The Morgan fingerprint density at radius 1 is 1.38 bits per heavy atom. The predicted octanol–water partition coefficient (Wildman–Crippen LogP) is 2.69. The number of carbonyl (C=O) groups excluding carboxylic acids is 2. The molecule has 2 rings (SSSR count). The monoisotopic (exact) mass is 310 g/mol. The minimum atomic E-state index is -0.500. The summed E-state index contributed by atoms with van der Waals surface area (Å²) in [5.41, 5.74) is 6.82. The SMILES string of the molecule is COC(=O)c1scc(C)c1NC(=O)C1(CN)CCCCC1. The first kappa shape index (κ1) is 16.0. The van der Waals surface area contributed by atoms with Crippen molar-refractivity contribution in [3.05, 3.63) is 15.8 Å². The molecule has 0 saturated heterocycles. The number of nitrogens with one attached hydrogen (secondary N) is 1. The first-order chi connectivity index (χ1) is 10.0. The third-order valence-corrected chi connectivity index (χ3v) is 5.35. The lowest BCUT2D eigenvalue weighted by molar-refractivity contribution is -0.126. The fraction of sp³-hybridized carbons (Fsp3) is 0.600. The maximum Gasteiger partial charge on any atom is 0.350 e. The highest BCUT2D eigenvalue weighted by Crippen LogP contribution is 2.38. The minimum Gasteiger partial charge on any atom is -0.465 e. The topological polar surface area (TPSA) is 81.4 Å². The van der Waals surface area contributed by atoms with Crippen molar-refractivity contribution in [2.45, 2.75) is 39.0 Å². The molecule has 21 heavy (non-hydrogen) atoms. The van der Waals surface area contributed by atoms with Crippen LogP contribution in [0.2, 0.25) is 0 Å². The Hall–Kier alpha value is -1.40. The molecule has 116 valence electrons. The molecular weight excluding hydrogens is 288 g/mol. The highest BCUT2D eigenvalue weighted by atomic mass is 32.1. The molecule has 0 aliphatic heterocycles. The molecule has 0 radical (unpaired) electrons. The van der Waals surface area contributed by atoms with Crippen LogP contribution in [-0.4, -0.2) is 25.5 Å². The summed E-state index contributed by atoms with van der Waals surface area (Å²) in [6, 6.07) is 0. The summed E-state index contributed by atoms with van der Waals surface area (Å²) in [4.78, 5) is 24.9. The molecule has 1 aliphatic rings. The van der Waals surface area contributed by atoms with Crippen LogP contribution < -0.4 is 11.1 Å². The van der Waals surface area contributed by atoms with Crippen LogP contribution in [0.5, 0.6) is 0 Å². The van der Waals surface area contributed by atoms with Gasteiger partial charge in [0.25, 0.3) is 0 Å². The van der Waals surface area contributed by atoms with Crippen LogP contribution in [-0.2, 0) is 9.53 Å². The van der Waals surface area contributed by atoms with Crippen LogP contribution >= 0.6 is 11.3 Å². The second-order valence-electron chi connectivity index (χ2n) is 5.61. The summed E-state index contributed by atoms with van der Waals surface area (Å²) >= 11 is 1.28. The third kappa shape index (κ3) is 3.11. The van der Waals surface area contributed by atoms with Gasteiger partial charge in [0.15, 0.2) is 0 Å². The number of esters is 1. The zero-order valence-electron chi connectivity index (χ0n) is 12.5. The van der Waals surface area contributed by atoms with E-state index in [1.54, 1.807) is 0 Å². The van der Waals surface area contributed by atoms with Crippen molar-refractivity contribution in [2.24, 2.45) is 11.1 Å². The van der Waals surface area contributed by atoms with Gasteiger partial charge in [0.1, 0.15) is 4.88 Å². The zero-order valence-corrected chi connectivity index (χ0v) is 13.3. The minimum absolute atomic E-state index is 0.0728. The number of hydrogen-bond donors (Lipinski definition) is 2. The maximum absolute atomic E-state index is 12.7. The number of ether oxygens (including phenoxy) is 1. The average Bonchev–Trinajstić information content (AvgIpc) is 2.88. The number of aryl methyl sites for hydroxylation is 1. The molecule has 0 spiro atoms. The summed E-state index contributed by atoms with van der Waals surface area (Å²) in [7, 11) is 1.34. The Morgan fingerprint density at radius 3 is 2.62 bits per heavy atom. The van der Waals surface area contributed by atoms with Crippen LogP contribution in [0, 0.1) is 12.3 Å². The van der Waals surface area contributed by atoms with Crippen molar-refractivity contribution in [1.29, 1.82) is 0 Å². The van der Waals surface area contributed by atoms with Gasteiger partial charge in [-0.15, -0.1) is 11.3 Å². The van der Waals surface area contributed by atoms with Gasteiger partial charge in [0, 0.05) is 6.54 Å². The quantitative estimate of drug-likeness (QED) is 0.838. The number of carbonyl (C=O) groups is 2. The normalized spacial score (nSPS) is 17.3. The van der Waals surface area contributed by atoms with Gasteiger partial charge in [-0.2, -0.15) is 0 Å². The first-order valence-corrected chi connectivity index (χ1v) is 8.10. The number of amides is 1. The third-order valence-electron chi connectivity index (χ3n) is 4.27. The Morgan fingerprint density at radius 2 is 2.05 bits per heavy atom. The molecule has 0 unspecified atom stereocenters. The fourth-order valence-electron chi connectivity index (χ4n) is 2.84. The molecule has 0 atom stereocenters. The fourth-order valence-corrected chi connectivity index (χ4v) is 3.76. The number of thiophene rings is 1. The lowest BCUT2D eigenvalue weighted by atomic mass is 9.73. The standard InChI is InChI=1S/C15H22N2O3S/c1-10-8-21-12(13(18)20-2)11(10)17-14(19)15(9-16)6-4-3-5-7-15/h8H,3-7,9,16H2,1-2H3,(H,17,19). The summed E-state index contributed by atoms with van der Waals surface area (Å²) in [6.07, 6.45) is 4.83. The van der Waals surface area contributed by atoms with Crippen LogP contribution in [0.25, 0.3) is 0 Å². The van der Waals surface area contributed by atoms with E-state index in [1.165, 1.54) is 18.4 Å². The van der Waals surface area contributed by atoms with Crippen molar-refractivity contribution < 1.29 is 14.3 Å². The predicted molar refractivity (Wildman–Crippen MR) is 83.6 cm³/mol. The van der Waals surface area contributed by atoms with E-state index in [1.807, 2.05) is 12.3 Å². The molecule has 1 aromatic heterocycles.